The maximum Gasteiger partial charge on any atom is 0.338 e. The fraction of sp³-hybridized carbons (Fsp3) is 0.500. The highest BCUT2D eigenvalue weighted by molar-refractivity contribution is 7.08. The molecule has 0 spiro atoms. The Labute approximate surface area is 145 Å². The van der Waals surface area contributed by atoms with E-state index in [1.807, 2.05) is 16.8 Å². The van der Waals surface area contributed by atoms with E-state index in [1.54, 1.807) is 21.1 Å². The van der Waals surface area contributed by atoms with Crippen LogP contribution in [0.4, 0.5) is 4.79 Å². The van der Waals surface area contributed by atoms with Gasteiger partial charge in [-0.1, -0.05) is 0 Å². The fourth-order valence-corrected chi connectivity index (χ4v) is 3.17. The van der Waals surface area contributed by atoms with Crippen LogP contribution in [0.1, 0.15) is 18.5 Å². The van der Waals surface area contributed by atoms with E-state index in [0.717, 1.165) is 5.56 Å². The molecular formula is C16H22N2O5S. The molecule has 1 aromatic heterocycles. The van der Waals surface area contributed by atoms with Crippen molar-refractivity contribution in [1.82, 2.24) is 10.2 Å². The van der Waals surface area contributed by atoms with Crippen molar-refractivity contribution in [2.45, 2.75) is 13.0 Å². The summed E-state index contributed by atoms with van der Waals surface area (Å²) in [5.41, 5.74) is 1.87. The maximum atomic E-state index is 12.6. The van der Waals surface area contributed by atoms with Crippen molar-refractivity contribution in [3.05, 3.63) is 33.7 Å². The SMILES string of the molecule is COCCOC(=O)C1=C(C)N(CCOC)C(=O)NC1c1ccsc1. The second-order valence-corrected chi connectivity index (χ2v) is 5.99. The highest BCUT2D eigenvalue weighted by Gasteiger charge is 2.36. The lowest BCUT2D eigenvalue weighted by Gasteiger charge is -2.34. The van der Waals surface area contributed by atoms with Crippen molar-refractivity contribution in [3.63, 3.8) is 0 Å². The summed E-state index contributed by atoms with van der Waals surface area (Å²) in [6.07, 6.45) is 0. The van der Waals surface area contributed by atoms with E-state index in [-0.39, 0.29) is 12.6 Å². The molecule has 132 valence electrons. The molecule has 0 aliphatic carbocycles. The van der Waals surface area contributed by atoms with Gasteiger partial charge >= 0.3 is 12.0 Å². The topological polar surface area (TPSA) is 77.1 Å². The molecule has 0 saturated carbocycles. The number of rotatable bonds is 8. The van der Waals surface area contributed by atoms with E-state index in [9.17, 15) is 9.59 Å². The van der Waals surface area contributed by atoms with Crippen LogP contribution < -0.4 is 5.32 Å². The first-order valence-corrected chi connectivity index (χ1v) is 8.50. The summed E-state index contributed by atoms with van der Waals surface area (Å²) in [4.78, 5) is 26.5. The van der Waals surface area contributed by atoms with Crippen LogP contribution in [0.5, 0.6) is 0 Å². The Morgan fingerprint density at radius 1 is 1.29 bits per heavy atom. The number of nitrogens with one attached hydrogen (secondary N) is 1. The number of ether oxygens (including phenoxy) is 3. The monoisotopic (exact) mass is 354 g/mol. The normalized spacial score (nSPS) is 17.9. The predicted octanol–water partition coefficient (Wildman–Crippen LogP) is 1.92. The summed E-state index contributed by atoms with van der Waals surface area (Å²) in [6.45, 7) is 2.97. The Bertz CT molecular complexity index is 600. The van der Waals surface area contributed by atoms with Crippen LogP contribution >= 0.6 is 11.3 Å². The number of methoxy groups -OCH3 is 2. The minimum Gasteiger partial charge on any atom is -0.460 e. The minimum absolute atomic E-state index is 0.161. The van der Waals surface area contributed by atoms with Crippen molar-refractivity contribution in [2.75, 3.05) is 40.6 Å². The molecule has 0 bridgehead atoms. The van der Waals surface area contributed by atoms with Crippen LogP contribution in [0.2, 0.25) is 0 Å². The highest BCUT2D eigenvalue weighted by Crippen LogP contribution is 2.32. The van der Waals surface area contributed by atoms with E-state index >= 15 is 0 Å². The van der Waals surface area contributed by atoms with Crippen molar-refractivity contribution >= 4 is 23.3 Å². The van der Waals surface area contributed by atoms with Crippen LogP contribution in [0, 0.1) is 0 Å². The smallest absolute Gasteiger partial charge is 0.338 e. The molecule has 0 saturated heterocycles. The molecule has 7 nitrogen and oxygen atoms in total. The molecule has 24 heavy (non-hydrogen) atoms. The third kappa shape index (κ3) is 4.14. The first-order chi connectivity index (χ1) is 11.6. The Balaban J connectivity index is 2.32. The zero-order chi connectivity index (χ0) is 17.5. The van der Waals surface area contributed by atoms with E-state index < -0.39 is 12.0 Å². The summed E-state index contributed by atoms with van der Waals surface area (Å²) in [5.74, 6) is -0.455. The molecule has 1 aliphatic rings. The Morgan fingerprint density at radius 2 is 2.04 bits per heavy atom. The quantitative estimate of drug-likeness (QED) is 0.570. The van der Waals surface area contributed by atoms with Gasteiger partial charge in [0.05, 0.1) is 31.4 Å². The van der Waals surface area contributed by atoms with Gasteiger partial charge in [-0.15, -0.1) is 0 Å². The summed E-state index contributed by atoms with van der Waals surface area (Å²) in [5, 5.41) is 6.69. The number of thiophene rings is 1. The molecular weight excluding hydrogens is 332 g/mol. The lowest BCUT2D eigenvalue weighted by atomic mass is 9.97. The van der Waals surface area contributed by atoms with Gasteiger partial charge in [-0.25, -0.2) is 9.59 Å². The van der Waals surface area contributed by atoms with Gasteiger partial charge in [-0.3, -0.25) is 4.90 Å². The van der Waals surface area contributed by atoms with E-state index in [4.69, 9.17) is 14.2 Å². The average Bonchev–Trinajstić information content (AvgIpc) is 3.08. The number of amides is 2. The largest absolute Gasteiger partial charge is 0.460 e. The van der Waals surface area contributed by atoms with Gasteiger partial charge in [-0.2, -0.15) is 11.3 Å². The molecule has 1 unspecified atom stereocenters. The first kappa shape index (κ1) is 18.4. The number of hydrogen-bond acceptors (Lipinski definition) is 6. The van der Waals surface area contributed by atoms with Crippen molar-refractivity contribution in [1.29, 1.82) is 0 Å². The molecule has 2 rings (SSSR count). The van der Waals surface area contributed by atoms with Gasteiger partial charge < -0.3 is 19.5 Å². The number of hydrogen-bond donors (Lipinski definition) is 1. The third-order valence-corrected chi connectivity index (χ3v) is 4.43. The summed E-state index contributed by atoms with van der Waals surface area (Å²) in [7, 11) is 3.11. The van der Waals surface area contributed by atoms with Crippen LogP contribution in [-0.4, -0.2) is 57.5 Å². The number of esters is 1. The second-order valence-electron chi connectivity index (χ2n) is 5.21. The minimum atomic E-state index is -0.516. The number of carbonyl (C=O) groups is 2. The summed E-state index contributed by atoms with van der Waals surface area (Å²) in [6, 6.07) is 1.11. The van der Waals surface area contributed by atoms with Gasteiger partial charge in [0.15, 0.2) is 0 Å². The molecule has 1 N–H and O–H groups in total. The third-order valence-electron chi connectivity index (χ3n) is 3.73. The molecule has 2 heterocycles. The molecule has 1 atom stereocenters. The molecule has 1 aliphatic heterocycles. The van der Waals surface area contributed by atoms with Crippen LogP contribution in [-0.2, 0) is 19.0 Å². The van der Waals surface area contributed by atoms with E-state index in [0.29, 0.717) is 31.0 Å². The van der Waals surface area contributed by atoms with Crippen molar-refractivity contribution < 1.29 is 23.8 Å². The molecule has 2 amide bonds. The molecule has 0 aromatic carbocycles. The Hall–Kier alpha value is -1.90. The number of carbonyl (C=O) groups excluding carboxylic acids is 2. The van der Waals surface area contributed by atoms with Gasteiger partial charge in [0, 0.05) is 19.9 Å². The Kier molecular flexibility index (Phi) is 6.77. The standard InChI is InChI=1S/C16H22N2O5S/c1-11-13(15(19)23-8-7-22-3)14(12-4-9-24-10-12)17-16(20)18(11)5-6-21-2/h4,9-10,14H,5-8H2,1-3H3,(H,17,20). The van der Waals surface area contributed by atoms with Crippen LogP contribution in [0.25, 0.3) is 0 Å². The highest BCUT2D eigenvalue weighted by atomic mass is 32.1. The van der Waals surface area contributed by atoms with E-state index in [1.165, 1.54) is 16.2 Å². The molecule has 0 fully saturated rings. The lowest BCUT2D eigenvalue weighted by Crippen LogP contribution is -2.48. The summed E-state index contributed by atoms with van der Waals surface area (Å²) >= 11 is 1.51. The lowest BCUT2D eigenvalue weighted by molar-refractivity contribution is -0.140. The number of nitrogens with zero attached hydrogens (tertiary/aromatic N) is 1. The van der Waals surface area contributed by atoms with Gasteiger partial charge in [0.1, 0.15) is 6.61 Å². The Morgan fingerprint density at radius 3 is 2.67 bits per heavy atom. The maximum absolute atomic E-state index is 12.6. The van der Waals surface area contributed by atoms with Crippen LogP contribution in [0.3, 0.4) is 0 Å². The zero-order valence-electron chi connectivity index (χ0n) is 14.0. The van der Waals surface area contributed by atoms with Crippen LogP contribution in [0.15, 0.2) is 28.1 Å². The molecule has 1 aromatic rings. The second kappa shape index (κ2) is 8.81. The van der Waals surface area contributed by atoms with Gasteiger partial charge in [0.25, 0.3) is 0 Å². The van der Waals surface area contributed by atoms with Gasteiger partial charge in [0.2, 0.25) is 0 Å². The summed E-state index contributed by atoms with van der Waals surface area (Å²) < 4.78 is 15.2. The molecule has 0 radical (unpaired) electrons. The zero-order valence-corrected chi connectivity index (χ0v) is 14.9. The van der Waals surface area contributed by atoms with E-state index in [2.05, 4.69) is 5.32 Å². The number of allylic oxidation sites excluding steroid dienone is 1. The fourth-order valence-electron chi connectivity index (χ4n) is 2.48. The molecule has 8 heteroatoms. The van der Waals surface area contributed by atoms with Crippen molar-refractivity contribution in [2.24, 2.45) is 0 Å². The van der Waals surface area contributed by atoms with Crippen molar-refractivity contribution in [3.8, 4) is 0 Å². The predicted molar refractivity (Wildman–Crippen MR) is 89.7 cm³/mol. The van der Waals surface area contributed by atoms with Gasteiger partial charge in [-0.05, 0) is 29.3 Å². The average molecular weight is 354 g/mol. The number of urea groups is 1. The first-order valence-electron chi connectivity index (χ1n) is 7.56.